The van der Waals surface area contributed by atoms with Crippen LogP contribution in [0.3, 0.4) is 0 Å². The van der Waals surface area contributed by atoms with E-state index >= 15 is 0 Å². The van der Waals surface area contributed by atoms with E-state index in [1.54, 1.807) is 7.05 Å². The fraction of sp³-hybridized carbons (Fsp3) is 0.455. The summed E-state index contributed by atoms with van der Waals surface area (Å²) in [6, 6.07) is 0.820. The van der Waals surface area contributed by atoms with Crippen LogP contribution in [0.5, 0.6) is 0 Å². The maximum atomic E-state index is 11.7. The number of nitrogens with zero attached hydrogens (tertiary/aromatic N) is 1. The van der Waals surface area contributed by atoms with E-state index in [9.17, 15) is 9.59 Å². The lowest BCUT2D eigenvalue weighted by Crippen LogP contribution is -2.40. The molecule has 1 amide bonds. The number of hydrogen-bond acceptors (Lipinski definition) is 3. The number of anilines is 1. The second kappa shape index (κ2) is 6.78. The van der Waals surface area contributed by atoms with Gasteiger partial charge in [0.25, 0.3) is 5.56 Å². The molecule has 5 nitrogen and oxygen atoms in total. The topological polar surface area (TPSA) is 77.1 Å². The number of nitrogens with one attached hydrogen (secondary N) is 1. The molecule has 0 aliphatic carbocycles. The Morgan fingerprint density at radius 3 is 2.50 bits per heavy atom. The quantitative estimate of drug-likeness (QED) is 0.884. The maximum absolute atomic E-state index is 11.7. The summed E-state index contributed by atoms with van der Waals surface area (Å²) in [5.74, 6) is -0.257. The van der Waals surface area contributed by atoms with Gasteiger partial charge in [-0.05, 0) is 12.0 Å². The van der Waals surface area contributed by atoms with Crippen molar-refractivity contribution in [2.45, 2.75) is 19.9 Å². The number of amides is 1. The lowest BCUT2D eigenvalue weighted by molar-refractivity contribution is -0.118. The van der Waals surface area contributed by atoms with Crippen molar-refractivity contribution in [2.75, 3.05) is 5.32 Å². The van der Waals surface area contributed by atoms with Crippen molar-refractivity contribution >= 4 is 35.6 Å². The van der Waals surface area contributed by atoms with E-state index in [0.29, 0.717) is 5.69 Å². The van der Waals surface area contributed by atoms with E-state index in [2.05, 4.69) is 5.32 Å². The van der Waals surface area contributed by atoms with E-state index in [1.807, 2.05) is 13.8 Å². The van der Waals surface area contributed by atoms with Crippen molar-refractivity contribution in [2.24, 2.45) is 18.7 Å². The number of aromatic nitrogens is 1. The Labute approximate surface area is 117 Å². The van der Waals surface area contributed by atoms with Crippen LogP contribution in [0.25, 0.3) is 0 Å². The molecule has 3 N–H and O–H groups in total. The molecule has 102 valence electrons. The van der Waals surface area contributed by atoms with E-state index < -0.39 is 6.04 Å². The summed E-state index contributed by atoms with van der Waals surface area (Å²) in [5, 5.41) is 2.68. The molecule has 0 saturated heterocycles. The summed E-state index contributed by atoms with van der Waals surface area (Å²) in [7, 11) is 1.56. The molecule has 0 unspecified atom stereocenters. The highest BCUT2D eigenvalue weighted by molar-refractivity contribution is 6.30. The molecule has 18 heavy (non-hydrogen) atoms. The van der Waals surface area contributed by atoms with Crippen LogP contribution in [-0.4, -0.2) is 16.5 Å². The minimum atomic E-state index is -0.592. The van der Waals surface area contributed by atoms with Crippen molar-refractivity contribution < 1.29 is 4.79 Å². The van der Waals surface area contributed by atoms with Gasteiger partial charge >= 0.3 is 0 Å². The molecule has 0 radical (unpaired) electrons. The Kier molecular flexibility index (Phi) is 6.38. The Balaban J connectivity index is 0.00000289. The second-order valence-corrected chi connectivity index (χ2v) is 4.66. The molecule has 7 heteroatoms. The van der Waals surface area contributed by atoms with Crippen LogP contribution in [0, 0.1) is 5.92 Å². The van der Waals surface area contributed by atoms with Gasteiger partial charge in [0, 0.05) is 13.2 Å². The Hall–Kier alpha value is -1.04. The average molecular weight is 294 g/mol. The zero-order chi connectivity index (χ0) is 13.2. The number of nitrogens with two attached hydrogens (primary N) is 1. The zero-order valence-corrected chi connectivity index (χ0v) is 12.0. The molecule has 0 aliphatic heterocycles. The molecule has 0 aromatic carbocycles. The highest BCUT2D eigenvalue weighted by atomic mass is 35.5. The van der Waals surface area contributed by atoms with E-state index in [4.69, 9.17) is 17.3 Å². The lowest BCUT2D eigenvalue weighted by Gasteiger charge is -2.15. The van der Waals surface area contributed by atoms with Crippen LogP contribution in [0.15, 0.2) is 17.1 Å². The summed E-state index contributed by atoms with van der Waals surface area (Å²) in [5.41, 5.74) is 5.85. The molecular weight excluding hydrogens is 277 g/mol. The number of carbonyl (C=O) groups is 1. The molecule has 0 spiro atoms. The number of carbonyl (C=O) groups excluding carboxylic acids is 1. The molecule has 0 saturated carbocycles. The largest absolute Gasteiger partial charge is 0.323 e. The van der Waals surface area contributed by atoms with Gasteiger partial charge in [0.2, 0.25) is 5.91 Å². The second-order valence-electron chi connectivity index (χ2n) is 4.25. The highest BCUT2D eigenvalue weighted by Gasteiger charge is 2.17. The van der Waals surface area contributed by atoms with Crippen LogP contribution in [0.4, 0.5) is 5.69 Å². The molecular formula is C11H17Cl2N3O2. The predicted molar refractivity (Wildman–Crippen MR) is 75.4 cm³/mol. The van der Waals surface area contributed by atoms with Crippen molar-refractivity contribution in [3.05, 3.63) is 27.6 Å². The lowest BCUT2D eigenvalue weighted by atomic mass is 10.1. The third kappa shape index (κ3) is 4.01. The third-order valence-electron chi connectivity index (χ3n) is 2.43. The van der Waals surface area contributed by atoms with Crippen LogP contribution in [0.2, 0.25) is 5.02 Å². The Morgan fingerprint density at radius 1 is 1.50 bits per heavy atom. The normalized spacial score (nSPS) is 11.9. The van der Waals surface area contributed by atoms with Crippen molar-refractivity contribution in [3.8, 4) is 0 Å². The molecule has 1 aromatic rings. The fourth-order valence-electron chi connectivity index (χ4n) is 1.27. The van der Waals surface area contributed by atoms with Crippen LogP contribution in [0.1, 0.15) is 13.8 Å². The number of aryl methyl sites for hydroxylation is 1. The van der Waals surface area contributed by atoms with Gasteiger partial charge in [-0.2, -0.15) is 0 Å². The third-order valence-corrected chi connectivity index (χ3v) is 2.70. The first-order valence-electron chi connectivity index (χ1n) is 5.25. The average Bonchev–Trinajstić information content (AvgIpc) is 2.24. The Bertz CT molecular complexity index is 459. The van der Waals surface area contributed by atoms with Gasteiger partial charge in [0.15, 0.2) is 0 Å². The predicted octanol–water partition coefficient (Wildman–Crippen LogP) is 1.38. The monoisotopic (exact) mass is 293 g/mol. The number of hydrogen-bond donors (Lipinski definition) is 2. The van der Waals surface area contributed by atoms with Gasteiger partial charge in [-0.1, -0.05) is 25.4 Å². The first kappa shape index (κ1) is 17.0. The molecule has 1 atom stereocenters. The summed E-state index contributed by atoms with van der Waals surface area (Å²) in [4.78, 5) is 23.0. The van der Waals surface area contributed by atoms with E-state index in [0.717, 1.165) is 0 Å². The molecule has 0 bridgehead atoms. The van der Waals surface area contributed by atoms with Crippen LogP contribution >= 0.6 is 24.0 Å². The molecule has 0 fully saturated rings. The fourth-order valence-corrected chi connectivity index (χ4v) is 1.52. The summed E-state index contributed by atoms with van der Waals surface area (Å²) < 4.78 is 1.30. The highest BCUT2D eigenvalue weighted by Crippen LogP contribution is 2.11. The smallest absolute Gasteiger partial charge is 0.269 e. The Morgan fingerprint density at radius 2 is 2.06 bits per heavy atom. The minimum Gasteiger partial charge on any atom is -0.323 e. The van der Waals surface area contributed by atoms with Crippen LogP contribution < -0.4 is 16.6 Å². The molecule has 0 aliphatic rings. The molecule has 1 aromatic heterocycles. The summed E-state index contributed by atoms with van der Waals surface area (Å²) in [6.07, 6.45) is 1.50. The summed E-state index contributed by atoms with van der Waals surface area (Å²) in [6.45, 7) is 3.72. The van der Waals surface area contributed by atoms with Crippen LogP contribution in [-0.2, 0) is 11.8 Å². The van der Waals surface area contributed by atoms with Gasteiger partial charge in [-0.15, -0.1) is 12.4 Å². The van der Waals surface area contributed by atoms with E-state index in [1.165, 1.54) is 16.8 Å². The molecule has 1 heterocycles. The van der Waals surface area contributed by atoms with Gasteiger partial charge in [0.1, 0.15) is 5.02 Å². The first-order valence-corrected chi connectivity index (χ1v) is 5.63. The van der Waals surface area contributed by atoms with Crippen molar-refractivity contribution in [3.63, 3.8) is 0 Å². The van der Waals surface area contributed by atoms with Gasteiger partial charge in [-0.25, -0.2) is 0 Å². The SMILES string of the molecule is CC(C)[C@H](N)C(=O)Nc1cc(Cl)c(=O)n(C)c1.Cl. The van der Waals surface area contributed by atoms with E-state index in [-0.39, 0.29) is 34.8 Å². The van der Waals surface area contributed by atoms with Gasteiger partial charge in [0.05, 0.1) is 11.7 Å². The van der Waals surface area contributed by atoms with Gasteiger partial charge in [-0.3, -0.25) is 9.59 Å². The molecule has 1 rings (SSSR count). The standard InChI is InChI=1S/C11H16ClN3O2.ClH/c1-6(2)9(13)10(16)14-7-4-8(12)11(17)15(3)5-7;/h4-6,9H,13H2,1-3H3,(H,14,16);1H/t9-;/m0./s1. The maximum Gasteiger partial charge on any atom is 0.269 e. The number of halogens is 2. The zero-order valence-electron chi connectivity index (χ0n) is 10.4. The number of rotatable bonds is 3. The summed E-state index contributed by atoms with van der Waals surface area (Å²) >= 11 is 5.73. The van der Waals surface area contributed by atoms with Crippen molar-refractivity contribution in [1.29, 1.82) is 0 Å². The number of pyridine rings is 1. The minimum absolute atomic E-state index is 0. The first-order chi connectivity index (χ1) is 7.82. The van der Waals surface area contributed by atoms with Gasteiger partial charge < -0.3 is 15.6 Å². The van der Waals surface area contributed by atoms with Crippen molar-refractivity contribution in [1.82, 2.24) is 4.57 Å².